The van der Waals surface area contributed by atoms with Crippen LogP contribution >= 0.6 is 11.3 Å². The van der Waals surface area contributed by atoms with Crippen molar-refractivity contribution in [2.75, 3.05) is 43.9 Å². The monoisotopic (exact) mass is 818 g/mol. The van der Waals surface area contributed by atoms with Crippen molar-refractivity contribution in [2.45, 2.75) is 52.2 Å². The van der Waals surface area contributed by atoms with E-state index in [-0.39, 0.29) is 23.6 Å². The first-order chi connectivity index (χ1) is 28.4. The van der Waals surface area contributed by atoms with Gasteiger partial charge in [0.25, 0.3) is 5.88 Å². The van der Waals surface area contributed by atoms with Gasteiger partial charge in [-0.05, 0) is 78.4 Å². The molecule has 3 aromatic carbocycles. The Hall–Kier alpha value is -6.32. The van der Waals surface area contributed by atoms with Gasteiger partial charge in [-0.3, -0.25) is 9.59 Å². The number of hydrogen-bond donors (Lipinski definition) is 4. The number of aryl methyl sites for hydroxylation is 1. The Morgan fingerprint density at radius 1 is 1.05 bits per heavy atom. The summed E-state index contributed by atoms with van der Waals surface area (Å²) in [5.41, 5.74) is 15.0. The first-order valence-electron chi connectivity index (χ1n) is 19.4. The van der Waals surface area contributed by atoms with Crippen LogP contribution in [0.1, 0.15) is 56.2 Å². The molecule has 2 amide bonds. The van der Waals surface area contributed by atoms with Crippen molar-refractivity contribution in [1.82, 2.24) is 30.6 Å². The molecule has 0 saturated carbocycles. The van der Waals surface area contributed by atoms with Crippen molar-refractivity contribution >= 4 is 35.2 Å². The zero-order valence-corrected chi connectivity index (χ0v) is 34.6. The molecular formula is C44H50N8O6S. The summed E-state index contributed by atoms with van der Waals surface area (Å²) in [6.45, 7) is 9.72. The molecule has 4 heterocycles. The number of carbonyl (C=O) groups excluding carboxylic acids is 2. The van der Waals surface area contributed by atoms with Gasteiger partial charge in [0.15, 0.2) is 11.6 Å². The Morgan fingerprint density at radius 2 is 1.78 bits per heavy atom. The van der Waals surface area contributed by atoms with E-state index in [1.807, 2.05) is 93.7 Å². The average molecular weight is 819 g/mol. The number of nitrogens with two attached hydrogens (primary N) is 1. The molecule has 1 aliphatic rings. The van der Waals surface area contributed by atoms with Gasteiger partial charge in [0, 0.05) is 43.0 Å². The SMILES string of the molecule is CC(C)C(C(=O)N1CCC(O)C1)c1cc(OCCN(C)c2ccc(-c3cc(-c4ccccc4O)nnc3N)cc2)no1.Cc1ncsc1-c1ccc([C@H](C)NC=O)cc1. The van der Waals surface area contributed by atoms with Crippen molar-refractivity contribution in [2.24, 2.45) is 5.92 Å². The number of aliphatic hydroxyl groups is 1. The lowest BCUT2D eigenvalue weighted by atomic mass is 9.92. The van der Waals surface area contributed by atoms with Crippen LogP contribution in [0.25, 0.3) is 32.8 Å². The highest BCUT2D eigenvalue weighted by atomic mass is 32.1. The molecule has 0 spiro atoms. The number of thiazole rings is 1. The Balaban J connectivity index is 0.000000287. The smallest absolute Gasteiger partial charge is 0.254 e. The number of nitrogens with one attached hydrogen (secondary N) is 1. The summed E-state index contributed by atoms with van der Waals surface area (Å²) in [7, 11) is 1.96. The number of phenolic OH excluding ortho intramolecular Hbond substituents is 1. The van der Waals surface area contributed by atoms with Gasteiger partial charge < -0.3 is 40.3 Å². The van der Waals surface area contributed by atoms with Gasteiger partial charge in [-0.2, -0.15) is 0 Å². The predicted molar refractivity (Wildman–Crippen MR) is 229 cm³/mol. The summed E-state index contributed by atoms with van der Waals surface area (Å²) >= 11 is 1.64. The van der Waals surface area contributed by atoms with E-state index in [1.54, 1.807) is 40.5 Å². The molecule has 2 unspecified atom stereocenters. The van der Waals surface area contributed by atoms with Crippen LogP contribution in [-0.2, 0) is 9.59 Å². The number of aliphatic hydroxyl groups excluding tert-OH is 1. The second-order valence-electron chi connectivity index (χ2n) is 14.8. The third-order valence-electron chi connectivity index (χ3n) is 10.3. The van der Waals surface area contributed by atoms with E-state index in [2.05, 4.69) is 37.8 Å². The number of para-hydroxylation sites is 1. The summed E-state index contributed by atoms with van der Waals surface area (Å²) in [4.78, 5) is 32.6. The Kier molecular flexibility index (Phi) is 13.9. The van der Waals surface area contributed by atoms with Crippen molar-refractivity contribution in [3.05, 3.63) is 107 Å². The number of likely N-dealkylation sites (N-methyl/N-ethyl adjacent to an activating group) is 1. The van der Waals surface area contributed by atoms with Crippen molar-refractivity contribution < 1.29 is 29.1 Å². The largest absolute Gasteiger partial charge is 0.507 e. The number of nitrogen functional groups attached to an aromatic ring is 1. The zero-order valence-electron chi connectivity index (χ0n) is 33.8. The number of carbonyl (C=O) groups is 2. The molecule has 0 radical (unpaired) electrons. The highest BCUT2D eigenvalue weighted by molar-refractivity contribution is 7.13. The van der Waals surface area contributed by atoms with Crippen LogP contribution in [0.5, 0.6) is 11.6 Å². The third-order valence-corrected chi connectivity index (χ3v) is 11.2. The van der Waals surface area contributed by atoms with E-state index in [1.165, 1.54) is 10.4 Å². The quantitative estimate of drug-likeness (QED) is 0.0836. The fraction of sp³-hybridized carbons (Fsp3) is 0.318. The minimum Gasteiger partial charge on any atom is -0.507 e. The highest BCUT2D eigenvalue weighted by Crippen LogP contribution is 2.34. The number of aromatic nitrogens is 4. The number of likely N-dealkylation sites (tertiary alicyclic amines) is 1. The molecule has 59 heavy (non-hydrogen) atoms. The molecule has 14 nitrogen and oxygen atoms in total. The fourth-order valence-electron chi connectivity index (χ4n) is 6.83. The van der Waals surface area contributed by atoms with Crippen molar-refractivity contribution in [3.8, 4) is 44.5 Å². The average Bonchev–Trinajstić information content (AvgIpc) is 4.00. The Morgan fingerprint density at radius 3 is 2.42 bits per heavy atom. The number of aromatic hydroxyl groups is 1. The van der Waals surface area contributed by atoms with Gasteiger partial charge >= 0.3 is 0 Å². The van der Waals surface area contributed by atoms with Crippen molar-refractivity contribution in [1.29, 1.82) is 0 Å². The van der Waals surface area contributed by atoms with Gasteiger partial charge in [-0.15, -0.1) is 21.5 Å². The topological polar surface area (TPSA) is 193 Å². The number of amides is 2. The molecule has 15 heteroatoms. The molecular weight excluding hydrogens is 769 g/mol. The van der Waals surface area contributed by atoms with Gasteiger partial charge in [-0.25, -0.2) is 4.98 Å². The number of β-amino-alcohol motifs (C(OH)–C–C–N with tert-alkyl or cyclic N) is 1. The molecule has 6 aromatic rings. The van der Waals surface area contributed by atoms with Crippen LogP contribution < -0.4 is 20.7 Å². The molecule has 5 N–H and O–H groups in total. The molecule has 0 aliphatic carbocycles. The first kappa shape index (κ1) is 42.3. The van der Waals surface area contributed by atoms with Gasteiger partial charge in [0.1, 0.15) is 18.3 Å². The van der Waals surface area contributed by atoms with Gasteiger partial charge in [0.05, 0.1) is 40.5 Å². The minimum atomic E-state index is -0.486. The predicted octanol–water partition coefficient (Wildman–Crippen LogP) is 6.86. The van der Waals surface area contributed by atoms with Crippen LogP contribution in [0.3, 0.4) is 0 Å². The van der Waals surface area contributed by atoms with E-state index in [0.29, 0.717) is 61.4 Å². The maximum atomic E-state index is 13.1. The van der Waals surface area contributed by atoms with Crippen LogP contribution in [0.2, 0.25) is 0 Å². The lowest BCUT2D eigenvalue weighted by Gasteiger charge is -2.23. The van der Waals surface area contributed by atoms with Crippen LogP contribution in [0.4, 0.5) is 11.5 Å². The van der Waals surface area contributed by atoms with E-state index in [9.17, 15) is 19.8 Å². The van der Waals surface area contributed by atoms with E-state index in [4.69, 9.17) is 15.0 Å². The van der Waals surface area contributed by atoms with Gasteiger partial charge in [0.2, 0.25) is 12.3 Å². The van der Waals surface area contributed by atoms with E-state index < -0.39 is 12.0 Å². The zero-order chi connectivity index (χ0) is 42.1. The Bertz CT molecular complexity index is 2310. The molecule has 3 atom stereocenters. The lowest BCUT2D eigenvalue weighted by molar-refractivity contribution is -0.133. The van der Waals surface area contributed by atoms with E-state index >= 15 is 0 Å². The second kappa shape index (κ2) is 19.4. The minimum absolute atomic E-state index is 0.000468. The summed E-state index contributed by atoms with van der Waals surface area (Å²) in [6, 6.07) is 26.6. The summed E-state index contributed by atoms with van der Waals surface area (Å²) in [5.74, 6) is 0.669. The molecule has 1 fully saturated rings. The second-order valence-corrected chi connectivity index (χ2v) is 15.6. The van der Waals surface area contributed by atoms with Gasteiger partial charge in [-0.1, -0.05) is 62.4 Å². The summed E-state index contributed by atoms with van der Waals surface area (Å²) in [5, 5.41) is 35.1. The highest BCUT2D eigenvalue weighted by Gasteiger charge is 2.35. The van der Waals surface area contributed by atoms with Crippen molar-refractivity contribution in [3.63, 3.8) is 0 Å². The number of nitrogens with zero attached hydrogens (tertiary/aromatic N) is 6. The number of anilines is 2. The van der Waals surface area contributed by atoms with Crippen LogP contribution in [-0.4, -0.2) is 87.2 Å². The number of benzene rings is 3. The number of hydrogen-bond acceptors (Lipinski definition) is 13. The van der Waals surface area contributed by atoms with Crippen LogP contribution in [0.15, 0.2) is 95.0 Å². The molecule has 1 aliphatic heterocycles. The molecule has 0 bridgehead atoms. The third kappa shape index (κ3) is 10.4. The number of phenols is 1. The summed E-state index contributed by atoms with van der Waals surface area (Å²) in [6.07, 6.45) is 0.844. The molecule has 308 valence electrons. The molecule has 1 saturated heterocycles. The number of ether oxygens (including phenoxy) is 1. The maximum Gasteiger partial charge on any atom is 0.254 e. The Labute approximate surface area is 347 Å². The standard InChI is InChI=1S/C31H36N6O5.C13H14N2OS/c1-19(2)29(31(40)37-13-12-22(38)18-37)27-17-28(35-42-27)41-15-14-36(3)21-10-8-20(9-11-21)24-16-25(33-34-30(24)32)23-6-4-5-7-26(23)39;1-9(14-7-16)11-3-5-12(6-4-11)13-10(2)15-8-17-13/h4-11,16-17,19,22,29,38-39H,12-15,18H2,1-3H3,(H2,32,34);3-9H,1-2H3,(H,14,16)/t;9-/m.0/s1. The maximum absolute atomic E-state index is 13.1. The normalized spacial score (nSPS) is 14.6. The molecule has 3 aromatic heterocycles. The number of rotatable bonds is 14. The molecule has 7 rings (SSSR count). The first-order valence-corrected chi connectivity index (χ1v) is 20.3. The lowest BCUT2D eigenvalue weighted by Crippen LogP contribution is -2.35. The van der Waals surface area contributed by atoms with Crippen LogP contribution in [0, 0.1) is 12.8 Å². The fourth-order valence-corrected chi connectivity index (χ4v) is 7.64. The summed E-state index contributed by atoms with van der Waals surface area (Å²) < 4.78 is 11.4. The van der Waals surface area contributed by atoms with E-state index in [0.717, 1.165) is 34.5 Å².